The van der Waals surface area contributed by atoms with Crippen molar-refractivity contribution in [1.82, 2.24) is 9.80 Å². The summed E-state index contributed by atoms with van der Waals surface area (Å²) in [5.74, 6) is -0.564. The minimum absolute atomic E-state index is 0.115. The van der Waals surface area contributed by atoms with Crippen LogP contribution in [0.2, 0.25) is 5.02 Å². The minimum atomic E-state index is -0.940. The first-order valence-corrected chi connectivity index (χ1v) is 12.9. The van der Waals surface area contributed by atoms with Crippen molar-refractivity contribution in [3.63, 3.8) is 0 Å². The molecule has 2 saturated heterocycles. The van der Waals surface area contributed by atoms with Crippen LogP contribution in [0.25, 0.3) is 0 Å². The number of morpholine rings is 1. The van der Waals surface area contributed by atoms with Gasteiger partial charge in [0, 0.05) is 23.8 Å². The Balaban J connectivity index is 1.49. The molecule has 1 N–H and O–H groups in total. The fourth-order valence-electron chi connectivity index (χ4n) is 4.65. The third kappa shape index (κ3) is 7.02. The number of hydrogen-bond acceptors (Lipinski definition) is 5. The number of rotatable bonds is 6. The summed E-state index contributed by atoms with van der Waals surface area (Å²) in [6.07, 6.45) is -1.33. The average molecular weight is 528 g/mol. The molecule has 0 radical (unpaired) electrons. The summed E-state index contributed by atoms with van der Waals surface area (Å²) in [5, 5.41) is 3.47. The van der Waals surface area contributed by atoms with E-state index in [1.165, 1.54) is 0 Å². The van der Waals surface area contributed by atoms with Crippen LogP contribution in [-0.4, -0.2) is 71.2 Å². The number of carbonyl (C=O) groups excluding carboxylic acids is 3. The zero-order valence-electron chi connectivity index (χ0n) is 21.7. The molecule has 8 nitrogen and oxygen atoms in total. The number of nitrogens with zero attached hydrogens (tertiary/aromatic N) is 2. The molecule has 2 aliphatic rings. The molecule has 4 rings (SSSR count). The number of anilines is 1. The van der Waals surface area contributed by atoms with E-state index in [9.17, 15) is 14.4 Å². The van der Waals surface area contributed by atoms with Crippen LogP contribution in [0.5, 0.6) is 0 Å². The quantitative estimate of drug-likeness (QED) is 0.600. The lowest BCUT2D eigenvalue weighted by Gasteiger charge is -2.40. The van der Waals surface area contributed by atoms with Gasteiger partial charge >= 0.3 is 6.09 Å². The smallest absolute Gasteiger partial charge is 0.410 e. The van der Waals surface area contributed by atoms with Crippen molar-refractivity contribution in [1.29, 1.82) is 0 Å². The second-order valence-corrected chi connectivity index (χ2v) is 11.1. The number of aryl methyl sites for hydroxylation is 1. The maximum Gasteiger partial charge on any atom is 0.410 e. The second kappa shape index (κ2) is 11.1. The molecule has 0 bridgehead atoms. The Labute approximate surface area is 222 Å². The van der Waals surface area contributed by atoms with Gasteiger partial charge in [-0.25, -0.2) is 4.79 Å². The van der Waals surface area contributed by atoms with Gasteiger partial charge in [0.1, 0.15) is 11.7 Å². The predicted octanol–water partition coefficient (Wildman–Crippen LogP) is 4.44. The van der Waals surface area contributed by atoms with Crippen molar-refractivity contribution in [2.75, 3.05) is 25.0 Å². The maximum atomic E-state index is 13.6. The molecule has 0 aromatic heterocycles. The highest BCUT2D eigenvalue weighted by atomic mass is 35.5. The minimum Gasteiger partial charge on any atom is -0.444 e. The Morgan fingerprint density at radius 1 is 1.14 bits per heavy atom. The van der Waals surface area contributed by atoms with Gasteiger partial charge in [0.15, 0.2) is 0 Å². The van der Waals surface area contributed by atoms with Crippen molar-refractivity contribution in [3.05, 3.63) is 64.7 Å². The fraction of sp³-hybridized carbons (Fsp3) is 0.464. The van der Waals surface area contributed by atoms with Gasteiger partial charge in [-0.2, -0.15) is 0 Å². The number of carbonyl (C=O) groups is 3. The summed E-state index contributed by atoms with van der Waals surface area (Å²) in [4.78, 5) is 42.4. The monoisotopic (exact) mass is 527 g/mol. The van der Waals surface area contributed by atoms with Crippen LogP contribution in [0, 0.1) is 6.92 Å². The van der Waals surface area contributed by atoms with E-state index in [4.69, 9.17) is 21.1 Å². The van der Waals surface area contributed by atoms with Gasteiger partial charge in [0.25, 0.3) is 5.91 Å². The van der Waals surface area contributed by atoms with Crippen molar-refractivity contribution in [2.24, 2.45) is 0 Å². The van der Waals surface area contributed by atoms with Gasteiger partial charge in [0.2, 0.25) is 5.91 Å². The lowest BCUT2D eigenvalue weighted by Crippen LogP contribution is -2.59. The summed E-state index contributed by atoms with van der Waals surface area (Å²) in [5.41, 5.74) is 2.11. The van der Waals surface area contributed by atoms with Crippen molar-refractivity contribution < 1.29 is 23.9 Å². The first-order valence-electron chi connectivity index (χ1n) is 12.5. The molecule has 0 aliphatic carbocycles. The summed E-state index contributed by atoms with van der Waals surface area (Å²) in [7, 11) is 0. The number of fused-ring (bicyclic) bond motifs is 1. The van der Waals surface area contributed by atoms with Gasteiger partial charge < -0.3 is 24.6 Å². The largest absolute Gasteiger partial charge is 0.444 e. The Bertz CT molecular complexity index is 1150. The Kier molecular flexibility index (Phi) is 8.09. The standard InChI is InChI=1S/C28H34ClN3O5/c1-18-8-10-21(11-9-18)30-25(33)15-23-26(34)32(13-12-19-6-5-7-20(29)14-19)22-16-31(17-24(22)36-23)27(35)37-28(2,3)4/h5-11,14,22-24H,12-13,15-17H2,1-4H3,(H,30,33). The first-order chi connectivity index (χ1) is 17.5. The first kappa shape index (κ1) is 26.9. The summed E-state index contributed by atoms with van der Waals surface area (Å²) >= 11 is 6.14. The van der Waals surface area contributed by atoms with Crippen LogP contribution < -0.4 is 5.32 Å². The fourth-order valence-corrected chi connectivity index (χ4v) is 4.87. The Hall–Kier alpha value is -3.10. The summed E-state index contributed by atoms with van der Waals surface area (Å²) < 4.78 is 11.7. The Morgan fingerprint density at radius 3 is 2.54 bits per heavy atom. The molecular formula is C28H34ClN3O5. The molecule has 2 heterocycles. The van der Waals surface area contributed by atoms with Crippen LogP contribution in [0.4, 0.5) is 10.5 Å². The molecule has 9 heteroatoms. The molecule has 2 aromatic carbocycles. The molecule has 2 aliphatic heterocycles. The number of hydrogen-bond donors (Lipinski definition) is 1. The predicted molar refractivity (Wildman–Crippen MR) is 142 cm³/mol. The van der Waals surface area contributed by atoms with Crippen LogP contribution in [-0.2, 0) is 25.5 Å². The van der Waals surface area contributed by atoms with Crippen molar-refractivity contribution in [2.45, 2.75) is 64.4 Å². The highest BCUT2D eigenvalue weighted by molar-refractivity contribution is 6.30. The Morgan fingerprint density at radius 2 is 1.86 bits per heavy atom. The number of likely N-dealkylation sites (tertiary alicyclic amines) is 1. The van der Waals surface area contributed by atoms with E-state index in [2.05, 4.69) is 5.32 Å². The third-order valence-corrected chi connectivity index (χ3v) is 6.66. The molecule has 0 saturated carbocycles. The van der Waals surface area contributed by atoms with E-state index in [1.54, 1.807) is 15.9 Å². The van der Waals surface area contributed by atoms with Crippen LogP contribution in [0.1, 0.15) is 38.3 Å². The molecule has 37 heavy (non-hydrogen) atoms. The van der Waals surface area contributed by atoms with E-state index in [1.807, 2.05) is 70.2 Å². The van der Waals surface area contributed by atoms with Crippen molar-refractivity contribution in [3.8, 4) is 0 Å². The molecule has 0 spiro atoms. The molecule has 198 valence electrons. The maximum absolute atomic E-state index is 13.6. The number of halogens is 1. The van der Waals surface area contributed by atoms with Gasteiger partial charge in [-0.3, -0.25) is 9.59 Å². The third-order valence-electron chi connectivity index (χ3n) is 6.42. The summed E-state index contributed by atoms with van der Waals surface area (Å²) in [6, 6.07) is 14.6. The van der Waals surface area contributed by atoms with Gasteiger partial charge in [-0.05, 0) is 63.9 Å². The highest BCUT2D eigenvalue weighted by Crippen LogP contribution is 2.29. The van der Waals surface area contributed by atoms with E-state index in [0.29, 0.717) is 30.2 Å². The number of benzene rings is 2. The van der Waals surface area contributed by atoms with Crippen molar-refractivity contribution >= 4 is 35.2 Å². The lowest BCUT2D eigenvalue weighted by atomic mass is 10.0. The van der Waals surface area contributed by atoms with E-state index >= 15 is 0 Å². The van der Waals surface area contributed by atoms with Crippen LogP contribution >= 0.6 is 11.6 Å². The van der Waals surface area contributed by atoms with Gasteiger partial charge in [0.05, 0.1) is 25.1 Å². The van der Waals surface area contributed by atoms with E-state index < -0.39 is 23.9 Å². The van der Waals surface area contributed by atoms with E-state index in [-0.39, 0.29) is 30.8 Å². The number of nitrogens with one attached hydrogen (secondary N) is 1. The molecule has 2 aromatic rings. The highest BCUT2D eigenvalue weighted by Gasteiger charge is 2.49. The number of amides is 3. The zero-order valence-corrected chi connectivity index (χ0v) is 22.5. The molecular weight excluding hydrogens is 494 g/mol. The van der Waals surface area contributed by atoms with Gasteiger partial charge in [-0.1, -0.05) is 41.4 Å². The van der Waals surface area contributed by atoms with Crippen LogP contribution in [0.15, 0.2) is 48.5 Å². The topological polar surface area (TPSA) is 88.2 Å². The second-order valence-electron chi connectivity index (χ2n) is 10.6. The average Bonchev–Trinajstić information content (AvgIpc) is 3.23. The molecule has 3 amide bonds. The molecule has 3 atom stereocenters. The zero-order chi connectivity index (χ0) is 26.7. The van der Waals surface area contributed by atoms with Gasteiger partial charge in [-0.15, -0.1) is 0 Å². The normalized spacial score (nSPS) is 21.5. The van der Waals surface area contributed by atoms with Crippen LogP contribution in [0.3, 0.4) is 0 Å². The number of ether oxygens (including phenoxy) is 2. The van der Waals surface area contributed by atoms with E-state index in [0.717, 1.165) is 11.1 Å². The molecule has 3 unspecified atom stereocenters. The lowest BCUT2D eigenvalue weighted by molar-refractivity contribution is -0.168. The molecule has 2 fully saturated rings. The SMILES string of the molecule is Cc1ccc(NC(=O)CC2OC3CN(C(=O)OC(C)(C)C)CC3N(CCc3cccc(Cl)c3)C2=O)cc1. The summed E-state index contributed by atoms with van der Waals surface area (Å²) in [6.45, 7) is 8.43.